The number of carbonyl (C=O) groups excluding carboxylic acids is 1. The lowest BCUT2D eigenvalue weighted by Gasteiger charge is -2.13. The third-order valence-electron chi connectivity index (χ3n) is 2.45. The Hall–Kier alpha value is -0.720. The molecule has 0 bridgehead atoms. The summed E-state index contributed by atoms with van der Waals surface area (Å²) in [5, 5.41) is 6.56. The second-order valence-corrected chi connectivity index (χ2v) is 8.43. The minimum atomic E-state index is -0.824. The number of nitrogens with one attached hydrogen (secondary N) is 2. The van der Waals surface area contributed by atoms with Crippen molar-refractivity contribution in [2.45, 2.75) is 30.4 Å². The maximum Gasteiger partial charge on any atom is 0.319 e. The van der Waals surface area contributed by atoms with Gasteiger partial charge in [-0.2, -0.15) is 0 Å². The van der Waals surface area contributed by atoms with Crippen LogP contribution >= 0.6 is 23.4 Å². The van der Waals surface area contributed by atoms with Crippen LogP contribution in [0.2, 0.25) is 5.02 Å². The average molecular weight is 349 g/mol. The number of urea groups is 1. The van der Waals surface area contributed by atoms with Gasteiger partial charge in [-0.3, -0.25) is 4.21 Å². The molecule has 0 unspecified atom stereocenters. The first-order valence-corrected chi connectivity index (χ1v) is 9.68. The van der Waals surface area contributed by atoms with E-state index >= 15 is 0 Å². The maximum atomic E-state index is 11.9. The number of hydrogen-bond acceptors (Lipinski definition) is 3. The van der Waals surface area contributed by atoms with Crippen LogP contribution in [0, 0.1) is 0 Å². The summed E-state index contributed by atoms with van der Waals surface area (Å²) in [5.41, 5.74) is 0.706. The van der Waals surface area contributed by atoms with Gasteiger partial charge in [-0.15, -0.1) is 11.8 Å². The van der Waals surface area contributed by atoms with E-state index in [9.17, 15) is 9.00 Å². The molecular formula is C14H21ClN2O2S2. The lowest BCUT2D eigenvalue weighted by Crippen LogP contribution is -2.30. The quantitative estimate of drug-likeness (QED) is 0.583. The molecule has 1 rings (SSSR count). The first-order chi connectivity index (χ1) is 9.88. The van der Waals surface area contributed by atoms with Gasteiger partial charge in [0.1, 0.15) is 0 Å². The van der Waals surface area contributed by atoms with Gasteiger partial charge in [0.15, 0.2) is 0 Å². The minimum absolute atomic E-state index is 0.273. The lowest BCUT2D eigenvalue weighted by atomic mass is 10.3. The number of carbonyl (C=O) groups is 1. The van der Waals surface area contributed by atoms with E-state index in [2.05, 4.69) is 24.5 Å². The second kappa shape index (κ2) is 9.33. The standard InChI is InChI=1S/C14H21ClN2O2S2/c1-10(2)20-13-6-5-11(15)9-12(13)17-14(18)16-7-4-8-21(3)19/h5-6,9-10H,4,7-8H2,1-3H3,(H2,16,17,18)/t21-/m1/s1. The van der Waals surface area contributed by atoms with Crippen molar-refractivity contribution in [3.05, 3.63) is 23.2 Å². The van der Waals surface area contributed by atoms with Crippen LogP contribution in [0.25, 0.3) is 0 Å². The number of thioether (sulfide) groups is 1. The SMILES string of the molecule is CC(C)Sc1ccc(Cl)cc1NC(=O)NCCC[S@@](C)=O. The van der Waals surface area contributed by atoms with Crippen LogP contribution in [-0.4, -0.2) is 34.0 Å². The average Bonchev–Trinajstić information content (AvgIpc) is 2.37. The highest BCUT2D eigenvalue weighted by molar-refractivity contribution is 8.00. The van der Waals surface area contributed by atoms with Crippen LogP contribution < -0.4 is 10.6 Å². The smallest absolute Gasteiger partial charge is 0.319 e. The number of benzene rings is 1. The molecule has 2 amide bonds. The van der Waals surface area contributed by atoms with Crippen LogP contribution in [0.15, 0.2) is 23.1 Å². The fourth-order valence-electron chi connectivity index (χ4n) is 1.60. The van der Waals surface area contributed by atoms with Gasteiger partial charge in [0, 0.05) is 44.5 Å². The normalized spacial score (nSPS) is 12.2. The Bertz CT molecular complexity index is 510. The Morgan fingerprint density at radius 2 is 2.14 bits per heavy atom. The van der Waals surface area contributed by atoms with Crippen molar-refractivity contribution < 1.29 is 9.00 Å². The first kappa shape index (κ1) is 18.3. The van der Waals surface area contributed by atoms with E-state index in [0.29, 0.717) is 34.7 Å². The predicted molar refractivity (Wildman–Crippen MR) is 93.0 cm³/mol. The number of hydrogen-bond donors (Lipinski definition) is 2. The van der Waals surface area contributed by atoms with Crippen molar-refractivity contribution in [3.63, 3.8) is 0 Å². The third kappa shape index (κ3) is 7.74. The third-order valence-corrected chi connectivity index (χ3v) is 4.63. The summed E-state index contributed by atoms with van der Waals surface area (Å²) in [6, 6.07) is 5.19. The zero-order valence-electron chi connectivity index (χ0n) is 12.4. The van der Waals surface area contributed by atoms with Crippen molar-refractivity contribution in [2.75, 3.05) is 23.9 Å². The molecule has 0 fully saturated rings. The van der Waals surface area contributed by atoms with Gasteiger partial charge in [-0.05, 0) is 24.6 Å². The molecule has 0 aromatic heterocycles. The molecule has 4 nitrogen and oxygen atoms in total. The fraction of sp³-hybridized carbons (Fsp3) is 0.500. The molecule has 0 aliphatic rings. The van der Waals surface area contributed by atoms with Gasteiger partial charge in [0.05, 0.1) is 5.69 Å². The van der Waals surface area contributed by atoms with E-state index < -0.39 is 10.8 Å². The fourth-order valence-corrected chi connectivity index (χ4v) is 3.21. The van der Waals surface area contributed by atoms with E-state index in [-0.39, 0.29) is 6.03 Å². The van der Waals surface area contributed by atoms with Crippen molar-refractivity contribution in [1.82, 2.24) is 5.32 Å². The van der Waals surface area contributed by atoms with Gasteiger partial charge in [-0.1, -0.05) is 25.4 Å². The van der Waals surface area contributed by atoms with Crippen LogP contribution in [-0.2, 0) is 10.8 Å². The number of anilines is 1. The summed E-state index contributed by atoms with van der Waals surface area (Å²) >= 11 is 7.65. The van der Waals surface area contributed by atoms with Gasteiger partial charge in [-0.25, -0.2) is 4.79 Å². The summed E-state index contributed by atoms with van der Waals surface area (Å²) < 4.78 is 10.9. The molecule has 0 heterocycles. The molecule has 0 spiro atoms. The Balaban J connectivity index is 2.58. The molecule has 0 saturated carbocycles. The zero-order valence-corrected chi connectivity index (χ0v) is 14.8. The predicted octanol–water partition coefficient (Wildman–Crippen LogP) is 3.73. The lowest BCUT2D eigenvalue weighted by molar-refractivity contribution is 0.252. The minimum Gasteiger partial charge on any atom is -0.338 e. The van der Waals surface area contributed by atoms with Crippen LogP contribution in [0.4, 0.5) is 10.5 Å². The van der Waals surface area contributed by atoms with Crippen molar-refractivity contribution >= 4 is 45.9 Å². The molecule has 0 radical (unpaired) electrons. The topological polar surface area (TPSA) is 58.2 Å². The Morgan fingerprint density at radius 1 is 1.43 bits per heavy atom. The summed E-state index contributed by atoms with van der Waals surface area (Å²) in [6.45, 7) is 4.68. The second-order valence-electron chi connectivity index (χ2n) is 4.82. The molecule has 1 aromatic carbocycles. The summed E-state index contributed by atoms with van der Waals surface area (Å²) in [6.07, 6.45) is 2.35. The highest BCUT2D eigenvalue weighted by atomic mass is 35.5. The molecule has 1 aromatic rings. The van der Waals surface area contributed by atoms with Gasteiger partial charge in [0.2, 0.25) is 0 Å². The molecule has 0 aliphatic heterocycles. The van der Waals surface area contributed by atoms with Gasteiger partial charge < -0.3 is 10.6 Å². The molecule has 2 N–H and O–H groups in total. The molecular weight excluding hydrogens is 328 g/mol. The Kier molecular flexibility index (Phi) is 8.14. The van der Waals surface area contributed by atoms with Gasteiger partial charge >= 0.3 is 6.03 Å². The molecule has 0 saturated heterocycles. The van der Waals surface area contributed by atoms with E-state index in [1.54, 1.807) is 24.1 Å². The molecule has 1 atom stereocenters. The molecule has 118 valence electrons. The largest absolute Gasteiger partial charge is 0.338 e. The zero-order chi connectivity index (χ0) is 15.8. The molecule has 7 heteroatoms. The van der Waals surface area contributed by atoms with E-state index in [1.165, 1.54) is 0 Å². The number of rotatable bonds is 7. The number of halogens is 1. The maximum absolute atomic E-state index is 11.9. The van der Waals surface area contributed by atoms with Crippen molar-refractivity contribution in [3.8, 4) is 0 Å². The monoisotopic (exact) mass is 348 g/mol. The number of amides is 2. The molecule has 0 aliphatic carbocycles. The summed E-state index contributed by atoms with van der Waals surface area (Å²) in [5.74, 6) is 0.589. The van der Waals surface area contributed by atoms with E-state index in [0.717, 1.165) is 4.90 Å². The van der Waals surface area contributed by atoms with Crippen LogP contribution in [0.5, 0.6) is 0 Å². The summed E-state index contributed by atoms with van der Waals surface area (Å²) in [7, 11) is -0.824. The van der Waals surface area contributed by atoms with Gasteiger partial charge in [0.25, 0.3) is 0 Å². The Morgan fingerprint density at radius 3 is 2.76 bits per heavy atom. The highest BCUT2D eigenvalue weighted by Gasteiger charge is 2.09. The van der Waals surface area contributed by atoms with Crippen LogP contribution in [0.3, 0.4) is 0 Å². The highest BCUT2D eigenvalue weighted by Crippen LogP contribution is 2.32. The van der Waals surface area contributed by atoms with Crippen molar-refractivity contribution in [2.24, 2.45) is 0 Å². The molecule has 21 heavy (non-hydrogen) atoms. The van der Waals surface area contributed by atoms with Crippen LogP contribution in [0.1, 0.15) is 20.3 Å². The summed E-state index contributed by atoms with van der Waals surface area (Å²) in [4.78, 5) is 12.8. The Labute approximate surface area is 137 Å². The van der Waals surface area contributed by atoms with Crippen molar-refractivity contribution in [1.29, 1.82) is 0 Å². The van der Waals surface area contributed by atoms with E-state index in [4.69, 9.17) is 11.6 Å². The first-order valence-electron chi connectivity index (χ1n) is 6.69. The van der Waals surface area contributed by atoms with E-state index in [1.807, 2.05) is 12.1 Å².